The van der Waals surface area contributed by atoms with E-state index in [-0.39, 0.29) is 5.92 Å². The van der Waals surface area contributed by atoms with Gasteiger partial charge in [-0.2, -0.15) is 4.98 Å². The lowest BCUT2D eigenvalue weighted by Crippen LogP contribution is -2.00. The van der Waals surface area contributed by atoms with Crippen LogP contribution in [-0.4, -0.2) is 32.9 Å². The molecule has 1 aliphatic rings. The molecular weight excluding hydrogens is 256 g/mol. The molecule has 0 bridgehead atoms. The molecule has 2 aromatic heterocycles. The normalized spacial score (nSPS) is 18.9. The Kier molecular flexibility index (Phi) is 2.56. The monoisotopic (exact) mass is 270 g/mol. The largest absolute Gasteiger partial charge is 0.381 e. The topological polar surface area (TPSA) is 66.0 Å². The molecule has 20 heavy (non-hydrogen) atoms. The van der Waals surface area contributed by atoms with Crippen molar-refractivity contribution in [2.24, 2.45) is 7.05 Å². The average Bonchev–Trinajstić information content (AvgIpc) is 3.17. The predicted octanol–water partition coefficient (Wildman–Crippen LogP) is 2.13. The fourth-order valence-electron chi connectivity index (χ4n) is 2.57. The number of hydrogen-bond acceptors (Lipinski definition) is 5. The molecule has 1 saturated heterocycles. The third-order valence-electron chi connectivity index (χ3n) is 3.72. The fourth-order valence-corrected chi connectivity index (χ4v) is 2.57. The first kappa shape index (κ1) is 11.6. The van der Waals surface area contributed by atoms with Crippen LogP contribution in [0.1, 0.15) is 18.2 Å². The van der Waals surface area contributed by atoms with Crippen LogP contribution in [0.4, 0.5) is 0 Å². The summed E-state index contributed by atoms with van der Waals surface area (Å²) in [4.78, 5) is 9.04. The van der Waals surface area contributed by atoms with Gasteiger partial charge in [-0.05, 0) is 18.6 Å². The first-order valence-corrected chi connectivity index (χ1v) is 6.66. The molecule has 1 aliphatic heterocycles. The molecule has 1 fully saturated rings. The third kappa shape index (κ3) is 1.72. The Morgan fingerprint density at radius 1 is 1.25 bits per heavy atom. The van der Waals surface area contributed by atoms with Gasteiger partial charge in [-0.1, -0.05) is 17.3 Å². The van der Waals surface area contributed by atoms with E-state index in [2.05, 4.69) is 15.1 Å². The maximum absolute atomic E-state index is 5.37. The molecule has 3 aromatic rings. The van der Waals surface area contributed by atoms with Gasteiger partial charge in [0.05, 0.1) is 17.6 Å². The van der Waals surface area contributed by atoms with Gasteiger partial charge in [0.25, 0.3) is 5.89 Å². The number of aromatic nitrogens is 4. The van der Waals surface area contributed by atoms with E-state index in [4.69, 9.17) is 9.26 Å². The summed E-state index contributed by atoms with van der Waals surface area (Å²) in [5.74, 6) is 2.11. The van der Waals surface area contributed by atoms with E-state index < -0.39 is 0 Å². The number of ether oxygens (including phenoxy) is 1. The zero-order valence-electron chi connectivity index (χ0n) is 11.1. The van der Waals surface area contributed by atoms with Crippen molar-refractivity contribution in [3.63, 3.8) is 0 Å². The molecule has 0 N–H and O–H groups in total. The molecule has 6 nitrogen and oxygen atoms in total. The van der Waals surface area contributed by atoms with Crippen LogP contribution >= 0.6 is 0 Å². The SMILES string of the molecule is Cn1c(-c2nc(C3CCOC3)no2)nc2ccccc21. The van der Waals surface area contributed by atoms with E-state index in [1.165, 1.54) is 0 Å². The maximum Gasteiger partial charge on any atom is 0.293 e. The first-order valence-electron chi connectivity index (χ1n) is 6.66. The van der Waals surface area contributed by atoms with E-state index in [1.807, 2.05) is 35.9 Å². The summed E-state index contributed by atoms with van der Waals surface area (Å²) in [7, 11) is 1.95. The lowest BCUT2D eigenvalue weighted by atomic mass is 10.1. The van der Waals surface area contributed by atoms with Crippen LogP contribution in [-0.2, 0) is 11.8 Å². The molecule has 102 valence electrons. The molecule has 0 amide bonds. The van der Waals surface area contributed by atoms with Crippen LogP contribution in [0.2, 0.25) is 0 Å². The summed E-state index contributed by atoms with van der Waals surface area (Å²) < 4.78 is 12.7. The summed E-state index contributed by atoms with van der Waals surface area (Å²) in [6.45, 7) is 1.43. The molecule has 0 aliphatic carbocycles. The minimum Gasteiger partial charge on any atom is -0.381 e. The Morgan fingerprint density at radius 2 is 2.15 bits per heavy atom. The molecule has 0 spiro atoms. The van der Waals surface area contributed by atoms with Crippen molar-refractivity contribution in [3.8, 4) is 11.7 Å². The second kappa shape index (κ2) is 4.42. The van der Waals surface area contributed by atoms with Gasteiger partial charge in [0.15, 0.2) is 11.6 Å². The summed E-state index contributed by atoms with van der Waals surface area (Å²) in [5, 5.41) is 4.07. The van der Waals surface area contributed by atoms with Gasteiger partial charge in [-0.25, -0.2) is 4.98 Å². The zero-order chi connectivity index (χ0) is 13.5. The van der Waals surface area contributed by atoms with Gasteiger partial charge < -0.3 is 13.8 Å². The maximum atomic E-state index is 5.37. The lowest BCUT2D eigenvalue weighted by Gasteiger charge is -1.98. The minimum absolute atomic E-state index is 0.238. The van der Waals surface area contributed by atoms with E-state index in [0.29, 0.717) is 24.1 Å². The highest BCUT2D eigenvalue weighted by molar-refractivity contribution is 5.79. The first-order chi connectivity index (χ1) is 9.83. The van der Waals surface area contributed by atoms with E-state index in [1.54, 1.807) is 0 Å². The van der Waals surface area contributed by atoms with Crippen LogP contribution in [0.15, 0.2) is 28.8 Å². The third-order valence-corrected chi connectivity index (χ3v) is 3.72. The van der Waals surface area contributed by atoms with Crippen LogP contribution in [0.25, 0.3) is 22.7 Å². The molecule has 4 rings (SSSR count). The Bertz CT molecular complexity index is 755. The Labute approximate surface area is 115 Å². The number of para-hydroxylation sites is 2. The molecule has 3 heterocycles. The van der Waals surface area contributed by atoms with E-state index in [9.17, 15) is 0 Å². The lowest BCUT2D eigenvalue weighted by molar-refractivity contribution is 0.192. The van der Waals surface area contributed by atoms with E-state index >= 15 is 0 Å². The van der Waals surface area contributed by atoms with Crippen molar-refractivity contribution in [2.45, 2.75) is 12.3 Å². The Balaban J connectivity index is 1.77. The van der Waals surface area contributed by atoms with E-state index in [0.717, 1.165) is 24.1 Å². The smallest absolute Gasteiger partial charge is 0.293 e. The number of benzene rings is 1. The quantitative estimate of drug-likeness (QED) is 0.713. The summed E-state index contributed by atoms with van der Waals surface area (Å²) in [6, 6.07) is 7.95. The number of aryl methyl sites for hydroxylation is 1. The molecule has 1 aromatic carbocycles. The molecule has 0 radical (unpaired) electrons. The highest BCUT2D eigenvalue weighted by Gasteiger charge is 2.24. The number of imidazole rings is 1. The van der Waals surface area contributed by atoms with Gasteiger partial charge in [-0.3, -0.25) is 0 Å². The van der Waals surface area contributed by atoms with Crippen LogP contribution < -0.4 is 0 Å². The van der Waals surface area contributed by atoms with Crippen molar-refractivity contribution in [1.82, 2.24) is 19.7 Å². The standard InChI is InChI=1S/C14H14N4O2/c1-18-11-5-3-2-4-10(11)15-13(18)14-16-12(17-20-14)9-6-7-19-8-9/h2-5,9H,6-8H2,1H3. The van der Waals surface area contributed by atoms with Crippen molar-refractivity contribution in [1.29, 1.82) is 0 Å². The highest BCUT2D eigenvalue weighted by Crippen LogP contribution is 2.26. The number of hydrogen-bond donors (Lipinski definition) is 0. The molecule has 1 atom stereocenters. The van der Waals surface area contributed by atoms with Gasteiger partial charge in [-0.15, -0.1) is 0 Å². The van der Waals surface area contributed by atoms with Gasteiger partial charge in [0.2, 0.25) is 0 Å². The minimum atomic E-state index is 0.238. The Morgan fingerprint density at radius 3 is 2.95 bits per heavy atom. The fraction of sp³-hybridized carbons (Fsp3) is 0.357. The number of fused-ring (bicyclic) bond motifs is 1. The summed E-state index contributed by atoms with van der Waals surface area (Å²) in [6.07, 6.45) is 0.946. The predicted molar refractivity (Wildman–Crippen MR) is 72.2 cm³/mol. The second-order valence-electron chi connectivity index (χ2n) is 5.00. The molecule has 1 unspecified atom stereocenters. The van der Waals surface area contributed by atoms with Crippen LogP contribution in [0, 0.1) is 0 Å². The highest BCUT2D eigenvalue weighted by atomic mass is 16.5. The van der Waals surface area contributed by atoms with Crippen LogP contribution in [0.5, 0.6) is 0 Å². The second-order valence-corrected chi connectivity index (χ2v) is 5.00. The van der Waals surface area contributed by atoms with Crippen molar-refractivity contribution in [3.05, 3.63) is 30.1 Å². The molecule has 6 heteroatoms. The van der Waals surface area contributed by atoms with Gasteiger partial charge in [0, 0.05) is 19.6 Å². The summed E-state index contributed by atoms with van der Waals surface area (Å²) in [5.41, 5.74) is 1.97. The molecular formula is C14H14N4O2. The van der Waals surface area contributed by atoms with Crippen molar-refractivity contribution in [2.75, 3.05) is 13.2 Å². The van der Waals surface area contributed by atoms with Gasteiger partial charge >= 0.3 is 0 Å². The van der Waals surface area contributed by atoms with Crippen LogP contribution in [0.3, 0.4) is 0 Å². The number of nitrogens with zero attached hydrogens (tertiary/aromatic N) is 4. The summed E-state index contributed by atoms with van der Waals surface area (Å²) >= 11 is 0. The Hall–Kier alpha value is -2.21. The van der Waals surface area contributed by atoms with Crippen molar-refractivity contribution < 1.29 is 9.26 Å². The van der Waals surface area contributed by atoms with Crippen molar-refractivity contribution >= 4 is 11.0 Å². The van der Waals surface area contributed by atoms with Gasteiger partial charge in [0.1, 0.15) is 0 Å². The average molecular weight is 270 g/mol. The zero-order valence-corrected chi connectivity index (χ0v) is 11.1. The molecule has 0 saturated carbocycles. The number of rotatable bonds is 2.